The molecule has 1 aliphatic heterocycles. The maximum absolute atomic E-state index is 12.6. The Morgan fingerprint density at radius 3 is 2.83 bits per heavy atom. The first-order valence-corrected chi connectivity index (χ1v) is 9.46. The minimum absolute atomic E-state index is 0.0561. The van der Waals surface area contributed by atoms with E-state index < -0.39 is 0 Å². The monoisotopic (exact) mass is 325 g/mol. The van der Waals surface area contributed by atoms with Crippen molar-refractivity contribution in [3.63, 3.8) is 0 Å². The minimum atomic E-state index is 0.0561. The molecule has 2 aromatic rings. The van der Waals surface area contributed by atoms with E-state index in [4.69, 9.17) is 0 Å². The number of aromatic amines is 1. The van der Waals surface area contributed by atoms with Crippen LogP contribution in [0.25, 0.3) is 10.9 Å². The molecule has 2 N–H and O–H groups in total. The molecule has 1 saturated heterocycles. The Balaban J connectivity index is 1.43. The number of aromatic nitrogens is 1. The van der Waals surface area contributed by atoms with Gasteiger partial charge in [0, 0.05) is 17.6 Å². The van der Waals surface area contributed by atoms with Crippen LogP contribution < -0.4 is 5.32 Å². The molecule has 1 aliphatic carbocycles. The number of carbonyl (C=O) groups is 1. The molecule has 0 atom stereocenters. The van der Waals surface area contributed by atoms with Gasteiger partial charge in [0.2, 0.25) is 0 Å². The summed E-state index contributed by atoms with van der Waals surface area (Å²) in [5.74, 6) is 0.0561. The number of hydrogen-bond acceptors (Lipinski definition) is 2. The molecule has 24 heavy (non-hydrogen) atoms. The third-order valence-corrected chi connectivity index (χ3v) is 5.51. The standard InChI is InChI=1S/C20H27N3O/c24-20(21-11-6-14-23-12-3-4-13-23)17-9-5-8-16-15-7-1-2-10-18(15)22-19(16)17/h5,8-9,22H,1-4,6-7,10-14H2,(H,21,24). The van der Waals surface area contributed by atoms with E-state index in [1.54, 1.807) is 0 Å². The zero-order chi connectivity index (χ0) is 16.4. The topological polar surface area (TPSA) is 48.1 Å². The van der Waals surface area contributed by atoms with Gasteiger partial charge in [-0.3, -0.25) is 4.79 Å². The highest BCUT2D eigenvalue weighted by molar-refractivity contribution is 6.06. The molecule has 1 aromatic carbocycles. The van der Waals surface area contributed by atoms with Crippen LogP contribution in [0.2, 0.25) is 0 Å². The number of amides is 1. The number of aryl methyl sites for hydroxylation is 2. The summed E-state index contributed by atoms with van der Waals surface area (Å²) in [4.78, 5) is 18.6. The van der Waals surface area contributed by atoms with Crippen molar-refractivity contribution in [2.24, 2.45) is 0 Å². The smallest absolute Gasteiger partial charge is 0.253 e. The zero-order valence-electron chi connectivity index (χ0n) is 14.4. The average molecular weight is 325 g/mol. The van der Waals surface area contributed by atoms with Crippen molar-refractivity contribution in [2.45, 2.75) is 44.9 Å². The van der Waals surface area contributed by atoms with Gasteiger partial charge in [-0.2, -0.15) is 0 Å². The first kappa shape index (κ1) is 15.7. The number of carbonyl (C=O) groups excluding carboxylic acids is 1. The fraction of sp³-hybridized carbons (Fsp3) is 0.550. The first-order valence-electron chi connectivity index (χ1n) is 9.46. The van der Waals surface area contributed by atoms with E-state index >= 15 is 0 Å². The van der Waals surface area contributed by atoms with Crippen molar-refractivity contribution in [2.75, 3.05) is 26.2 Å². The fourth-order valence-electron chi connectivity index (χ4n) is 4.23. The number of rotatable bonds is 5. The molecule has 1 amide bonds. The average Bonchev–Trinajstić information content (AvgIpc) is 3.25. The van der Waals surface area contributed by atoms with Crippen molar-refractivity contribution < 1.29 is 4.79 Å². The van der Waals surface area contributed by atoms with E-state index in [1.807, 2.05) is 12.1 Å². The first-order chi connectivity index (χ1) is 11.8. The van der Waals surface area contributed by atoms with E-state index in [1.165, 1.54) is 55.4 Å². The predicted octanol–water partition coefficient (Wildman–Crippen LogP) is 3.26. The van der Waals surface area contributed by atoms with Crippen LogP contribution in [0.5, 0.6) is 0 Å². The Morgan fingerprint density at radius 1 is 1.12 bits per heavy atom. The summed E-state index contributed by atoms with van der Waals surface area (Å²) in [7, 11) is 0. The van der Waals surface area contributed by atoms with Gasteiger partial charge in [-0.1, -0.05) is 12.1 Å². The number of hydrogen-bond donors (Lipinski definition) is 2. The number of para-hydroxylation sites is 1. The molecule has 0 saturated carbocycles. The van der Waals surface area contributed by atoms with Crippen molar-refractivity contribution >= 4 is 16.8 Å². The quantitative estimate of drug-likeness (QED) is 0.829. The van der Waals surface area contributed by atoms with Gasteiger partial charge in [0.05, 0.1) is 11.1 Å². The second-order valence-electron chi connectivity index (χ2n) is 7.18. The highest BCUT2D eigenvalue weighted by Crippen LogP contribution is 2.30. The molecule has 4 nitrogen and oxygen atoms in total. The van der Waals surface area contributed by atoms with E-state index in [0.717, 1.165) is 43.4 Å². The van der Waals surface area contributed by atoms with Crippen molar-refractivity contribution in [3.05, 3.63) is 35.0 Å². The number of fused-ring (bicyclic) bond motifs is 3. The summed E-state index contributed by atoms with van der Waals surface area (Å²) >= 11 is 0. The van der Waals surface area contributed by atoms with Crippen LogP contribution >= 0.6 is 0 Å². The number of benzene rings is 1. The molecule has 0 radical (unpaired) electrons. The largest absolute Gasteiger partial charge is 0.358 e. The molecule has 1 aromatic heterocycles. The molecule has 1 fully saturated rings. The third kappa shape index (κ3) is 3.07. The molecule has 128 valence electrons. The summed E-state index contributed by atoms with van der Waals surface area (Å²) in [6.45, 7) is 4.30. The third-order valence-electron chi connectivity index (χ3n) is 5.51. The Morgan fingerprint density at radius 2 is 1.96 bits per heavy atom. The van der Waals surface area contributed by atoms with Crippen LogP contribution in [0.1, 0.15) is 53.7 Å². The number of likely N-dealkylation sites (tertiary alicyclic amines) is 1. The Hall–Kier alpha value is -1.81. The van der Waals surface area contributed by atoms with Crippen molar-refractivity contribution in [1.82, 2.24) is 15.2 Å². The van der Waals surface area contributed by atoms with Gasteiger partial charge in [0.25, 0.3) is 5.91 Å². The molecule has 4 rings (SSSR count). The lowest BCUT2D eigenvalue weighted by atomic mass is 9.95. The van der Waals surface area contributed by atoms with E-state index in [-0.39, 0.29) is 5.91 Å². The van der Waals surface area contributed by atoms with Crippen LogP contribution in [0, 0.1) is 0 Å². The number of nitrogens with one attached hydrogen (secondary N) is 2. The Kier molecular flexibility index (Phi) is 4.56. The molecule has 0 spiro atoms. The van der Waals surface area contributed by atoms with Gasteiger partial charge in [-0.05, 0) is 76.2 Å². The lowest BCUT2D eigenvalue weighted by Gasteiger charge is -2.14. The number of nitrogens with zero attached hydrogens (tertiary/aromatic N) is 1. The van der Waals surface area contributed by atoms with Crippen LogP contribution in [-0.2, 0) is 12.8 Å². The zero-order valence-corrected chi connectivity index (χ0v) is 14.4. The highest BCUT2D eigenvalue weighted by Gasteiger charge is 2.19. The molecule has 2 aliphatic rings. The van der Waals surface area contributed by atoms with Gasteiger partial charge >= 0.3 is 0 Å². The SMILES string of the molecule is O=C(NCCCN1CCCC1)c1cccc2c3c([nH]c12)CCCC3. The summed E-state index contributed by atoms with van der Waals surface area (Å²) in [6, 6.07) is 6.12. The lowest BCUT2D eigenvalue weighted by molar-refractivity contribution is 0.0953. The van der Waals surface area contributed by atoms with E-state index in [9.17, 15) is 4.79 Å². The van der Waals surface area contributed by atoms with Gasteiger partial charge < -0.3 is 15.2 Å². The maximum atomic E-state index is 12.6. The van der Waals surface area contributed by atoms with Crippen molar-refractivity contribution in [3.8, 4) is 0 Å². The molecule has 2 heterocycles. The Labute approximate surface area is 143 Å². The molecule has 0 unspecified atom stereocenters. The fourth-order valence-corrected chi connectivity index (χ4v) is 4.23. The molecule has 0 bridgehead atoms. The van der Waals surface area contributed by atoms with Crippen LogP contribution in [-0.4, -0.2) is 42.0 Å². The lowest BCUT2D eigenvalue weighted by Crippen LogP contribution is -2.28. The van der Waals surface area contributed by atoms with Gasteiger partial charge in [0.15, 0.2) is 0 Å². The van der Waals surface area contributed by atoms with Gasteiger partial charge in [-0.25, -0.2) is 0 Å². The molecule has 4 heteroatoms. The highest BCUT2D eigenvalue weighted by atomic mass is 16.1. The summed E-state index contributed by atoms with van der Waals surface area (Å²) < 4.78 is 0. The van der Waals surface area contributed by atoms with Crippen LogP contribution in [0.4, 0.5) is 0 Å². The van der Waals surface area contributed by atoms with E-state index in [2.05, 4.69) is 21.3 Å². The second-order valence-corrected chi connectivity index (χ2v) is 7.18. The summed E-state index contributed by atoms with van der Waals surface area (Å²) in [5.41, 5.74) is 4.59. The second kappa shape index (κ2) is 6.98. The molecular formula is C20H27N3O. The van der Waals surface area contributed by atoms with Crippen LogP contribution in [0.3, 0.4) is 0 Å². The summed E-state index contributed by atoms with van der Waals surface area (Å²) in [6.07, 6.45) is 8.43. The normalized spacial score (nSPS) is 18.0. The van der Waals surface area contributed by atoms with E-state index in [0.29, 0.717) is 0 Å². The van der Waals surface area contributed by atoms with Crippen molar-refractivity contribution in [1.29, 1.82) is 0 Å². The maximum Gasteiger partial charge on any atom is 0.253 e. The summed E-state index contributed by atoms with van der Waals surface area (Å²) in [5, 5.41) is 4.35. The minimum Gasteiger partial charge on any atom is -0.358 e. The Bertz CT molecular complexity index is 728. The van der Waals surface area contributed by atoms with Crippen LogP contribution in [0.15, 0.2) is 18.2 Å². The molecular weight excluding hydrogens is 298 g/mol. The van der Waals surface area contributed by atoms with Gasteiger partial charge in [0.1, 0.15) is 0 Å². The van der Waals surface area contributed by atoms with Gasteiger partial charge in [-0.15, -0.1) is 0 Å². The number of H-pyrrole nitrogens is 1. The predicted molar refractivity (Wildman–Crippen MR) is 97.6 cm³/mol.